The molecule has 1 saturated carbocycles. The molecule has 1 aromatic rings. The molecular weight excluding hydrogens is 234 g/mol. The van der Waals surface area contributed by atoms with Crippen LogP contribution in [-0.2, 0) is 11.3 Å². The third kappa shape index (κ3) is 3.98. The normalized spacial score (nSPS) is 25.5. The third-order valence-electron chi connectivity index (χ3n) is 3.36. The zero-order valence-corrected chi connectivity index (χ0v) is 10.8. The molecule has 1 aromatic carbocycles. The van der Waals surface area contributed by atoms with Crippen molar-refractivity contribution in [2.45, 2.75) is 50.9 Å². The van der Waals surface area contributed by atoms with E-state index in [1.807, 2.05) is 24.3 Å². The summed E-state index contributed by atoms with van der Waals surface area (Å²) in [6.07, 6.45) is 6.12. The maximum atomic E-state index is 6.12. The minimum Gasteiger partial charge on any atom is -0.372 e. The fraction of sp³-hybridized carbons (Fsp3) is 0.571. The van der Waals surface area contributed by atoms with E-state index in [1.165, 1.54) is 19.3 Å². The maximum Gasteiger partial charge on any atom is 0.0730 e. The topological polar surface area (TPSA) is 35.2 Å². The summed E-state index contributed by atoms with van der Waals surface area (Å²) in [5.74, 6) is 0. The molecule has 94 valence electrons. The monoisotopic (exact) mass is 253 g/mol. The molecule has 0 heterocycles. The number of rotatable bonds is 3. The first-order valence-electron chi connectivity index (χ1n) is 6.37. The van der Waals surface area contributed by atoms with Gasteiger partial charge in [0.25, 0.3) is 0 Å². The van der Waals surface area contributed by atoms with Gasteiger partial charge in [0.2, 0.25) is 0 Å². The second-order valence-electron chi connectivity index (χ2n) is 4.78. The van der Waals surface area contributed by atoms with Crippen LogP contribution in [0.15, 0.2) is 24.3 Å². The Labute approximate surface area is 108 Å². The summed E-state index contributed by atoms with van der Waals surface area (Å²) in [4.78, 5) is 0. The summed E-state index contributed by atoms with van der Waals surface area (Å²) in [5, 5.41) is 0.760. The first-order chi connectivity index (χ1) is 8.25. The van der Waals surface area contributed by atoms with Gasteiger partial charge >= 0.3 is 0 Å². The number of halogens is 1. The summed E-state index contributed by atoms with van der Waals surface area (Å²) in [6, 6.07) is 8.01. The van der Waals surface area contributed by atoms with Crippen molar-refractivity contribution in [1.82, 2.24) is 0 Å². The Morgan fingerprint density at radius 3 is 2.88 bits per heavy atom. The van der Waals surface area contributed by atoms with Gasteiger partial charge in [0, 0.05) is 11.1 Å². The maximum absolute atomic E-state index is 6.12. The van der Waals surface area contributed by atoms with Gasteiger partial charge in [-0.1, -0.05) is 43.0 Å². The summed E-state index contributed by atoms with van der Waals surface area (Å²) in [6.45, 7) is 0.610. The van der Waals surface area contributed by atoms with E-state index in [9.17, 15) is 0 Å². The lowest BCUT2D eigenvalue weighted by atomic mass is 10.1. The predicted octanol–water partition coefficient (Wildman–Crippen LogP) is 3.52. The molecule has 1 fully saturated rings. The summed E-state index contributed by atoms with van der Waals surface area (Å²) < 4.78 is 5.93. The van der Waals surface area contributed by atoms with Gasteiger partial charge < -0.3 is 10.5 Å². The molecule has 1 aliphatic carbocycles. The molecule has 1 aliphatic rings. The molecule has 0 radical (unpaired) electrons. The number of hydrogen-bond donors (Lipinski definition) is 1. The highest BCUT2D eigenvalue weighted by Crippen LogP contribution is 2.21. The van der Waals surface area contributed by atoms with Gasteiger partial charge in [-0.3, -0.25) is 0 Å². The Kier molecular flexibility index (Phi) is 4.84. The minimum absolute atomic E-state index is 0.191. The van der Waals surface area contributed by atoms with Gasteiger partial charge in [0.05, 0.1) is 12.7 Å². The van der Waals surface area contributed by atoms with E-state index in [0.29, 0.717) is 6.61 Å². The average Bonchev–Trinajstić information content (AvgIpc) is 2.52. The molecular formula is C14H20ClNO. The number of ether oxygens (including phenoxy) is 1. The Balaban J connectivity index is 1.88. The Morgan fingerprint density at radius 1 is 1.24 bits per heavy atom. The molecule has 0 bridgehead atoms. The molecule has 2 nitrogen and oxygen atoms in total. The highest BCUT2D eigenvalue weighted by molar-refractivity contribution is 6.30. The molecule has 0 aromatic heterocycles. The van der Waals surface area contributed by atoms with E-state index in [2.05, 4.69) is 0 Å². The highest BCUT2D eigenvalue weighted by Gasteiger charge is 2.20. The molecule has 3 heteroatoms. The summed E-state index contributed by atoms with van der Waals surface area (Å²) in [5.41, 5.74) is 7.24. The zero-order chi connectivity index (χ0) is 12.1. The van der Waals surface area contributed by atoms with Crippen molar-refractivity contribution < 1.29 is 4.74 Å². The van der Waals surface area contributed by atoms with Crippen LogP contribution in [0.5, 0.6) is 0 Å². The number of nitrogens with two attached hydrogens (primary N) is 1. The average molecular weight is 254 g/mol. The van der Waals surface area contributed by atoms with Crippen LogP contribution in [0, 0.1) is 0 Å². The van der Waals surface area contributed by atoms with E-state index in [4.69, 9.17) is 22.1 Å². The van der Waals surface area contributed by atoms with Crippen molar-refractivity contribution in [2.75, 3.05) is 0 Å². The number of hydrogen-bond acceptors (Lipinski definition) is 2. The minimum atomic E-state index is 0.191. The molecule has 2 unspecified atom stereocenters. The predicted molar refractivity (Wildman–Crippen MR) is 71.1 cm³/mol. The van der Waals surface area contributed by atoms with E-state index in [-0.39, 0.29) is 12.1 Å². The van der Waals surface area contributed by atoms with Crippen LogP contribution in [-0.4, -0.2) is 12.1 Å². The van der Waals surface area contributed by atoms with Crippen LogP contribution in [0.1, 0.15) is 37.7 Å². The molecule has 2 N–H and O–H groups in total. The van der Waals surface area contributed by atoms with Crippen molar-refractivity contribution in [1.29, 1.82) is 0 Å². The number of benzene rings is 1. The van der Waals surface area contributed by atoms with Gasteiger partial charge in [-0.25, -0.2) is 0 Å². The van der Waals surface area contributed by atoms with E-state index < -0.39 is 0 Å². The smallest absolute Gasteiger partial charge is 0.0730 e. The van der Waals surface area contributed by atoms with Gasteiger partial charge in [-0.15, -0.1) is 0 Å². The lowest BCUT2D eigenvalue weighted by molar-refractivity contribution is 0.0194. The third-order valence-corrected chi connectivity index (χ3v) is 3.59. The largest absolute Gasteiger partial charge is 0.372 e. The first-order valence-corrected chi connectivity index (χ1v) is 6.75. The van der Waals surface area contributed by atoms with Crippen molar-refractivity contribution >= 4 is 11.6 Å². The fourth-order valence-electron chi connectivity index (χ4n) is 2.34. The SMILES string of the molecule is NC1CCCCCC1OCc1cccc(Cl)c1. The van der Waals surface area contributed by atoms with Gasteiger partial charge in [-0.05, 0) is 30.5 Å². The van der Waals surface area contributed by atoms with Gasteiger partial charge in [0.1, 0.15) is 0 Å². The molecule has 0 spiro atoms. The second-order valence-corrected chi connectivity index (χ2v) is 5.22. The standard InChI is InChI=1S/C14H20ClNO/c15-12-6-4-5-11(9-12)10-17-14-8-3-1-2-7-13(14)16/h4-6,9,13-14H,1-3,7-8,10,16H2. The quantitative estimate of drug-likeness (QED) is 0.837. The highest BCUT2D eigenvalue weighted by atomic mass is 35.5. The van der Waals surface area contributed by atoms with Gasteiger partial charge in [-0.2, -0.15) is 0 Å². The zero-order valence-electron chi connectivity index (χ0n) is 10.1. The van der Waals surface area contributed by atoms with E-state index >= 15 is 0 Å². The van der Waals surface area contributed by atoms with Crippen LogP contribution in [0.2, 0.25) is 5.02 Å². The van der Waals surface area contributed by atoms with Crippen LogP contribution in [0.4, 0.5) is 0 Å². The molecule has 17 heavy (non-hydrogen) atoms. The molecule has 2 atom stereocenters. The fourth-order valence-corrected chi connectivity index (χ4v) is 2.55. The van der Waals surface area contributed by atoms with Crippen LogP contribution >= 0.6 is 11.6 Å². The summed E-state index contributed by atoms with van der Waals surface area (Å²) in [7, 11) is 0. The Morgan fingerprint density at radius 2 is 2.06 bits per heavy atom. The van der Waals surface area contributed by atoms with Gasteiger partial charge in [0.15, 0.2) is 0 Å². The molecule has 0 amide bonds. The van der Waals surface area contributed by atoms with Crippen LogP contribution in [0.25, 0.3) is 0 Å². The van der Waals surface area contributed by atoms with Crippen molar-refractivity contribution in [3.05, 3.63) is 34.9 Å². The molecule has 0 aliphatic heterocycles. The van der Waals surface area contributed by atoms with Crippen molar-refractivity contribution in [3.63, 3.8) is 0 Å². The van der Waals surface area contributed by atoms with Crippen LogP contribution < -0.4 is 5.73 Å². The lowest BCUT2D eigenvalue weighted by Crippen LogP contribution is -2.35. The molecule has 2 rings (SSSR count). The molecule has 0 saturated heterocycles. The Hall–Kier alpha value is -0.570. The Bertz CT molecular complexity index is 356. The van der Waals surface area contributed by atoms with E-state index in [0.717, 1.165) is 23.4 Å². The van der Waals surface area contributed by atoms with E-state index in [1.54, 1.807) is 0 Å². The second kappa shape index (κ2) is 6.39. The van der Waals surface area contributed by atoms with Crippen LogP contribution in [0.3, 0.4) is 0 Å². The van der Waals surface area contributed by atoms with Crippen molar-refractivity contribution in [2.24, 2.45) is 5.73 Å². The van der Waals surface area contributed by atoms with Crippen molar-refractivity contribution in [3.8, 4) is 0 Å². The first kappa shape index (κ1) is 12.9. The lowest BCUT2D eigenvalue weighted by Gasteiger charge is -2.21. The summed E-state index contributed by atoms with van der Waals surface area (Å²) >= 11 is 5.94.